The maximum Gasteiger partial charge on any atom is 0.144 e. The second-order valence-electron chi connectivity index (χ2n) is 4.74. The number of fused-ring (bicyclic) bond motifs is 1. The van der Waals surface area contributed by atoms with Gasteiger partial charge in [0.1, 0.15) is 11.9 Å². The van der Waals surface area contributed by atoms with Crippen molar-refractivity contribution >= 4 is 5.82 Å². The standard InChI is InChI=1S/C14H15N5/c15-8-11-7-10-3-1-2-4-13(10)18-14(11)16-9-12-5-6-17-19-12/h5-7H,1-4,9H2,(H,16,18)(H,17,19). The van der Waals surface area contributed by atoms with E-state index in [1.165, 1.54) is 18.4 Å². The molecule has 0 fully saturated rings. The fourth-order valence-electron chi connectivity index (χ4n) is 2.42. The minimum Gasteiger partial charge on any atom is -0.363 e. The van der Waals surface area contributed by atoms with Crippen molar-refractivity contribution in [3.63, 3.8) is 0 Å². The Labute approximate surface area is 111 Å². The Kier molecular flexibility index (Phi) is 3.15. The Morgan fingerprint density at radius 3 is 3.05 bits per heavy atom. The van der Waals surface area contributed by atoms with Crippen molar-refractivity contribution in [3.8, 4) is 6.07 Å². The van der Waals surface area contributed by atoms with Gasteiger partial charge in [0.15, 0.2) is 0 Å². The summed E-state index contributed by atoms with van der Waals surface area (Å²) in [5.74, 6) is 0.678. The lowest BCUT2D eigenvalue weighted by molar-refractivity contribution is 0.668. The normalized spacial score (nSPS) is 13.6. The zero-order valence-electron chi connectivity index (χ0n) is 10.6. The smallest absolute Gasteiger partial charge is 0.144 e. The highest BCUT2D eigenvalue weighted by Gasteiger charge is 2.14. The Bertz CT molecular complexity index is 610. The van der Waals surface area contributed by atoms with Crippen LogP contribution in [0.4, 0.5) is 5.82 Å². The predicted octanol–water partition coefficient (Wildman–Crippen LogP) is 2.17. The van der Waals surface area contributed by atoms with Crippen LogP contribution in [0.2, 0.25) is 0 Å². The molecule has 19 heavy (non-hydrogen) atoms. The average molecular weight is 253 g/mol. The SMILES string of the molecule is N#Cc1cc2c(nc1NCc1ccn[nH]1)CCCC2. The van der Waals surface area contributed by atoms with Crippen LogP contribution < -0.4 is 5.32 Å². The van der Waals surface area contributed by atoms with Gasteiger partial charge in [-0.1, -0.05) is 0 Å². The Morgan fingerprint density at radius 1 is 1.37 bits per heavy atom. The highest BCUT2D eigenvalue weighted by Crippen LogP contribution is 2.24. The monoisotopic (exact) mass is 253 g/mol. The first-order valence-corrected chi connectivity index (χ1v) is 6.52. The number of H-pyrrole nitrogens is 1. The number of aryl methyl sites for hydroxylation is 2. The lowest BCUT2D eigenvalue weighted by Crippen LogP contribution is -2.10. The summed E-state index contributed by atoms with van der Waals surface area (Å²) in [7, 11) is 0. The molecule has 0 aliphatic heterocycles. The number of nitrogens with zero attached hydrogens (tertiary/aromatic N) is 3. The fourth-order valence-corrected chi connectivity index (χ4v) is 2.42. The molecule has 0 unspecified atom stereocenters. The van der Waals surface area contributed by atoms with Gasteiger partial charge in [-0.2, -0.15) is 10.4 Å². The molecule has 0 bridgehead atoms. The zero-order valence-corrected chi connectivity index (χ0v) is 10.6. The molecule has 2 aromatic heterocycles. The van der Waals surface area contributed by atoms with E-state index in [1.54, 1.807) is 6.20 Å². The number of nitriles is 1. The summed E-state index contributed by atoms with van der Waals surface area (Å²) in [5.41, 5.74) is 3.97. The van der Waals surface area contributed by atoms with Crippen LogP contribution in [0.15, 0.2) is 18.3 Å². The molecule has 1 aliphatic carbocycles. The Balaban J connectivity index is 1.85. The lowest BCUT2D eigenvalue weighted by atomic mass is 9.95. The number of hydrogen-bond acceptors (Lipinski definition) is 4. The van der Waals surface area contributed by atoms with Gasteiger partial charge in [0.25, 0.3) is 0 Å². The van der Waals surface area contributed by atoms with Gasteiger partial charge < -0.3 is 5.32 Å². The molecular formula is C14H15N5. The van der Waals surface area contributed by atoms with Gasteiger partial charge in [0.2, 0.25) is 0 Å². The zero-order chi connectivity index (χ0) is 13.1. The van der Waals surface area contributed by atoms with Crippen LogP contribution in [0.5, 0.6) is 0 Å². The van der Waals surface area contributed by atoms with E-state index in [0.717, 1.165) is 24.2 Å². The lowest BCUT2D eigenvalue weighted by Gasteiger charge is -2.17. The van der Waals surface area contributed by atoms with Crippen LogP contribution in [0.3, 0.4) is 0 Å². The molecule has 5 heteroatoms. The summed E-state index contributed by atoms with van der Waals surface area (Å²) in [6, 6.07) is 6.11. The van der Waals surface area contributed by atoms with Gasteiger partial charge in [0, 0.05) is 11.9 Å². The number of rotatable bonds is 3. The first kappa shape index (κ1) is 11.7. The third kappa shape index (κ3) is 2.43. The van der Waals surface area contributed by atoms with E-state index in [4.69, 9.17) is 0 Å². The maximum absolute atomic E-state index is 9.23. The number of hydrogen-bond donors (Lipinski definition) is 2. The second kappa shape index (κ2) is 5.11. The van der Waals surface area contributed by atoms with Gasteiger partial charge in [-0.3, -0.25) is 5.10 Å². The number of aromatic amines is 1. The first-order chi connectivity index (χ1) is 9.36. The molecule has 0 radical (unpaired) electrons. The quantitative estimate of drug-likeness (QED) is 0.878. The largest absolute Gasteiger partial charge is 0.363 e. The number of aromatic nitrogens is 3. The summed E-state index contributed by atoms with van der Waals surface area (Å²) in [5, 5.41) is 19.2. The van der Waals surface area contributed by atoms with Crippen molar-refractivity contribution < 1.29 is 0 Å². The Hall–Kier alpha value is -2.35. The summed E-state index contributed by atoms with van der Waals surface area (Å²) >= 11 is 0. The molecule has 2 aromatic rings. The minimum atomic E-state index is 0.598. The molecule has 0 saturated heterocycles. The van der Waals surface area contributed by atoms with Crippen molar-refractivity contribution in [1.82, 2.24) is 15.2 Å². The van der Waals surface area contributed by atoms with Crippen molar-refractivity contribution in [2.75, 3.05) is 5.32 Å². The van der Waals surface area contributed by atoms with Crippen LogP contribution in [0.1, 0.15) is 35.4 Å². The highest BCUT2D eigenvalue weighted by atomic mass is 15.1. The van der Waals surface area contributed by atoms with Gasteiger partial charge in [-0.25, -0.2) is 4.98 Å². The van der Waals surface area contributed by atoms with E-state index in [0.29, 0.717) is 17.9 Å². The fraction of sp³-hybridized carbons (Fsp3) is 0.357. The molecule has 0 atom stereocenters. The van der Waals surface area contributed by atoms with E-state index in [-0.39, 0.29) is 0 Å². The second-order valence-corrected chi connectivity index (χ2v) is 4.74. The van der Waals surface area contributed by atoms with Crippen molar-refractivity contribution in [2.24, 2.45) is 0 Å². The predicted molar refractivity (Wildman–Crippen MR) is 71.5 cm³/mol. The number of pyridine rings is 1. The minimum absolute atomic E-state index is 0.598. The molecule has 3 rings (SSSR count). The molecule has 0 amide bonds. The molecule has 2 N–H and O–H groups in total. The molecule has 0 saturated carbocycles. The van der Waals surface area contributed by atoms with E-state index < -0.39 is 0 Å². The van der Waals surface area contributed by atoms with Crippen molar-refractivity contribution in [3.05, 3.63) is 40.8 Å². The van der Waals surface area contributed by atoms with E-state index in [9.17, 15) is 5.26 Å². The average Bonchev–Trinajstić information content (AvgIpc) is 2.97. The van der Waals surface area contributed by atoms with E-state index in [1.807, 2.05) is 12.1 Å². The third-order valence-electron chi connectivity index (χ3n) is 3.43. The van der Waals surface area contributed by atoms with Gasteiger partial charge in [0.05, 0.1) is 17.8 Å². The number of anilines is 1. The molecule has 1 aliphatic rings. The molecule has 0 aromatic carbocycles. The molecule has 0 spiro atoms. The molecular weight excluding hydrogens is 238 g/mol. The van der Waals surface area contributed by atoms with E-state index in [2.05, 4.69) is 26.6 Å². The maximum atomic E-state index is 9.23. The van der Waals surface area contributed by atoms with Crippen molar-refractivity contribution in [1.29, 1.82) is 5.26 Å². The van der Waals surface area contributed by atoms with Crippen LogP contribution in [-0.2, 0) is 19.4 Å². The van der Waals surface area contributed by atoms with Crippen LogP contribution in [-0.4, -0.2) is 15.2 Å². The summed E-state index contributed by atoms with van der Waals surface area (Å²) in [4.78, 5) is 4.62. The van der Waals surface area contributed by atoms with Gasteiger partial charge in [-0.15, -0.1) is 0 Å². The summed E-state index contributed by atoms with van der Waals surface area (Å²) < 4.78 is 0. The topological polar surface area (TPSA) is 77.4 Å². The van der Waals surface area contributed by atoms with Gasteiger partial charge in [-0.05, 0) is 43.4 Å². The molecule has 96 valence electrons. The highest BCUT2D eigenvalue weighted by molar-refractivity contribution is 5.54. The molecule has 5 nitrogen and oxygen atoms in total. The number of nitrogens with one attached hydrogen (secondary N) is 2. The van der Waals surface area contributed by atoms with Crippen molar-refractivity contribution in [2.45, 2.75) is 32.2 Å². The van der Waals surface area contributed by atoms with Crippen LogP contribution >= 0.6 is 0 Å². The van der Waals surface area contributed by atoms with E-state index >= 15 is 0 Å². The Morgan fingerprint density at radius 2 is 2.26 bits per heavy atom. The van der Waals surface area contributed by atoms with Crippen LogP contribution in [0, 0.1) is 11.3 Å². The summed E-state index contributed by atoms with van der Waals surface area (Å²) in [6.45, 7) is 0.598. The first-order valence-electron chi connectivity index (χ1n) is 6.52. The molecule has 2 heterocycles. The third-order valence-corrected chi connectivity index (χ3v) is 3.43. The summed E-state index contributed by atoms with van der Waals surface area (Å²) in [6.07, 6.45) is 6.15. The van der Waals surface area contributed by atoms with Gasteiger partial charge >= 0.3 is 0 Å². The van der Waals surface area contributed by atoms with Crippen LogP contribution in [0.25, 0.3) is 0 Å².